The Kier molecular flexibility index (Phi) is 2.74. The third-order valence-corrected chi connectivity index (χ3v) is 3.64. The Morgan fingerprint density at radius 3 is 2.65 bits per heavy atom. The van der Waals surface area contributed by atoms with Crippen molar-refractivity contribution in [3.05, 3.63) is 27.1 Å². The van der Waals surface area contributed by atoms with Crippen LogP contribution >= 0.6 is 15.9 Å². The molecule has 0 saturated carbocycles. The summed E-state index contributed by atoms with van der Waals surface area (Å²) in [4.78, 5) is 22.2. The number of aryl methyl sites for hydroxylation is 1. The summed E-state index contributed by atoms with van der Waals surface area (Å²) >= 11 is 3.33. The molecule has 1 N–H and O–H groups in total. The summed E-state index contributed by atoms with van der Waals surface area (Å²) < 4.78 is 1.72. The third-order valence-electron chi connectivity index (χ3n) is 2.62. The second-order valence-electron chi connectivity index (χ2n) is 3.71. The summed E-state index contributed by atoms with van der Waals surface area (Å²) in [5.41, 5.74) is 1.23. The standard InChI is InChI=1S/C11H9BrN2O3/c1-5-3-4-7-8(9(5)12)10(13-17)11(16)14(7)6(2)15/h3-4,16H,1-2H3. The van der Waals surface area contributed by atoms with E-state index in [-0.39, 0.29) is 11.6 Å². The molecule has 1 heterocycles. The SMILES string of the molecule is CC(=O)n1c(O)c(N=O)c2c(Br)c(C)ccc21. The second kappa shape index (κ2) is 3.96. The first-order chi connectivity index (χ1) is 7.99. The first kappa shape index (κ1) is 11.8. The van der Waals surface area contributed by atoms with Gasteiger partial charge in [0.05, 0.1) is 5.52 Å². The van der Waals surface area contributed by atoms with E-state index in [4.69, 9.17) is 0 Å². The van der Waals surface area contributed by atoms with Crippen molar-refractivity contribution in [2.75, 3.05) is 0 Å². The van der Waals surface area contributed by atoms with Crippen LogP contribution in [0.4, 0.5) is 5.69 Å². The van der Waals surface area contributed by atoms with Crippen LogP contribution in [0.2, 0.25) is 0 Å². The Hall–Kier alpha value is -1.69. The van der Waals surface area contributed by atoms with Gasteiger partial charge < -0.3 is 5.11 Å². The molecule has 0 aliphatic heterocycles. The molecule has 2 aromatic rings. The number of halogens is 1. The zero-order chi connectivity index (χ0) is 12.7. The average molecular weight is 297 g/mol. The van der Waals surface area contributed by atoms with Crippen LogP contribution in [0, 0.1) is 11.8 Å². The number of nitroso groups, excluding NO2 is 1. The number of carbonyl (C=O) groups excluding carboxylic acids is 1. The van der Waals surface area contributed by atoms with Crippen LogP contribution in [-0.2, 0) is 0 Å². The van der Waals surface area contributed by atoms with Crippen molar-refractivity contribution < 1.29 is 9.90 Å². The highest BCUT2D eigenvalue weighted by Gasteiger charge is 2.22. The Morgan fingerprint density at radius 2 is 2.12 bits per heavy atom. The largest absolute Gasteiger partial charge is 0.493 e. The number of aromatic hydroxyl groups is 1. The quantitative estimate of drug-likeness (QED) is 0.819. The molecule has 2 rings (SSSR count). The normalized spacial score (nSPS) is 10.8. The Labute approximate surface area is 105 Å². The van der Waals surface area contributed by atoms with Crippen molar-refractivity contribution >= 4 is 38.4 Å². The molecule has 0 spiro atoms. The molecular weight excluding hydrogens is 288 g/mol. The van der Waals surface area contributed by atoms with Gasteiger partial charge in [-0.15, -0.1) is 4.91 Å². The summed E-state index contributed by atoms with van der Waals surface area (Å²) in [7, 11) is 0. The van der Waals surface area contributed by atoms with Crippen LogP contribution in [0.5, 0.6) is 5.88 Å². The van der Waals surface area contributed by atoms with Gasteiger partial charge in [0.25, 0.3) is 0 Å². The van der Waals surface area contributed by atoms with Gasteiger partial charge in [-0.3, -0.25) is 4.79 Å². The van der Waals surface area contributed by atoms with Gasteiger partial charge in [-0.25, -0.2) is 4.57 Å². The lowest BCUT2D eigenvalue weighted by Crippen LogP contribution is -2.03. The molecule has 0 atom stereocenters. The molecule has 1 aromatic carbocycles. The number of fused-ring (bicyclic) bond motifs is 1. The Bertz CT molecular complexity index is 646. The monoisotopic (exact) mass is 296 g/mol. The molecule has 0 aliphatic carbocycles. The highest BCUT2D eigenvalue weighted by atomic mass is 79.9. The van der Waals surface area contributed by atoms with Crippen molar-refractivity contribution in [1.29, 1.82) is 0 Å². The highest BCUT2D eigenvalue weighted by Crippen LogP contribution is 2.43. The van der Waals surface area contributed by atoms with Crippen LogP contribution in [0.1, 0.15) is 17.3 Å². The van der Waals surface area contributed by atoms with E-state index in [9.17, 15) is 14.8 Å². The average Bonchev–Trinajstić information content (AvgIpc) is 2.56. The molecule has 0 fully saturated rings. The third kappa shape index (κ3) is 1.56. The summed E-state index contributed by atoms with van der Waals surface area (Å²) in [5.74, 6) is -0.799. The van der Waals surface area contributed by atoms with E-state index in [0.29, 0.717) is 15.4 Å². The molecule has 0 unspecified atom stereocenters. The summed E-state index contributed by atoms with van der Waals surface area (Å²) in [6, 6.07) is 3.46. The molecule has 0 radical (unpaired) electrons. The number of hydrogen-bond acceptors (Lipinski definition) is 4. The molecule has 5 nitrogen and oxygen atoms in total. The van der Waals surface area contributed by atoms with Gasteiger partial charge in [-0.2, -0.15) is 0 Å². The predicted octanol–water partition coefficient (Wildman–Crippen LogP) is 3.48. The maximum Gasteiger partial charge on any atom is 0.230 e. The molecule has 0 saturated heterocycles. The molecule has 0 amide bonds. The van der Waals surface area contributed by atoms with Gasteiger partial charge in [-0.05, 0) is 39.7 Å². The fraction of sp³-hybridized carbons (Fsp3) is 0.182. The van der Waals surface area contributed by atoms with Gasteiger partial charge in [0.15, 0.2) is 5.69 Å². The summed E-state index contributed by atoms with van der Waals surface area (Å²) in [6.45, 7) is 3.15. The van der Waals surface area contributed by atoms with E-state index in [1.54, 1.807) is 12.1 Å². The molecule has 0 aliphatic rings. The topological polar surface area (TPSA) is 71.7 Å². The Morgan fingerprint density at radius 1 is 1.47 bits per heavy atom. The number of benzene rings is 1. The van der Waals surface area contributed by atoms with Crippen molar-refractivity contribution in [2.45, 2.75) is 13.8 Å². The number of hydrogen-bond donors (Lipinski definition) is 1. The van der Waals surface area contributed by atoms with Crippen LogP contribution in [0.3, 0.4) is 0 Å². The summed E-state index contributed by atoms with van der Waals surface area (Å²) in [5, 5.41) is 13.1. The van der Waals surface area contributed by atoms with Gasteiger partial charge in [-0.1, -0.05) is 6.07 Å². The zero-order valence-corrected chi connectivity index (χ0v) is 10.8. The molecule has 88 valence electrons. The van der Waals surface area contributed by atoms with E-state index >= 15 is 0 Å². The maximum absolute atomic E-state index is 11.4. The smallest absolute Gasteiger partial charge is 0.230 e. The first-order valence-electron chi connectivity index (χ1n) is 4.85. The fourth-order valence-electron chi connectivity index (χ4n) is 1.82. The number of rotatable bonds is 1. The summed E-state index contributed by atoms with van der Waals surface area (Å²) in [6.07, 6.45) is 0. The van der Waals surface area contributed by atoms with E-state index in [0.717, 1.165) is 10.1 Å². The van der Waals surface area contributed by atoms with Crippen molar-refractivity contribution in [2.24, 2.45) is 5.18 Å². The van der Waals surface area contributed by atoms with Crippen molar-refractivity contribution in [1.82, 2.24) is 4.57 Å². The minimum Gasteiger partial charge on any atom is -0.493 e. The van der Waals surface area contributed by atoms with E-state index in [2.05, 4.69) is 21.1 Å². The lowest BCUT2D eigenvalue weighted by Gasteiger charge is -2.02. The minimum absolute atomic E-state index is 0.120. The second-order valence-corrected chi connectivity index (χ2v) is 4.50. The highest BCUT2D eigenvalue weighted by molar-refractivity contribution is 9.10. The van der Waals surface area contributed by atoms with Gasteiger partial charge in [0.2, 0.25) is 11.8 Å². The number of carbonyl (C=O) groups is 1. The molecule has 0 bridgehead atoms. The van der Waals surface area contributed by atoms with E-state index in [1.165, 1.54) is 6.92 Å². The van der Waals surface area contributed by atoms with Gasteiger partial charge in [0.1, 0.15) is 0 Å². The van der Waals surface area contributed by atoms with Crippen molar-refractivity contribution in [3.8, 4) is 5.88 Å². The van der Waals surface area contributed by atoms with E-state index < -0.39 is 5.88 Å². The molecule has 1 aromatic heterocycles. The van der Waals surface area contributed by atoms with Crippen LogP contribution in [0.15, 0.2) is 21.8 Å². The predicted molar refractivity (Wildman–Crippen MR) is 67.8 cm³/mol. The first-order valence-corrected chi connectivity index (χ1v) is 5.65. The fourth-order valence-corrected chi connectivity index (χ4v) is 2.34. The maximum atomic E-state index is 11.4. The van der Waals surface area contributed by atoms with Crippen LogP contribution in [-0.4, -0.2) is 15.6 Å². The van der Waals surface area contributed by atoms with Gasteiger partial charge in [0, 0.05) is 16.8 Å². The minimum atomic E-state index is -0.422. The Balaban J connectivity index is 3.06. The number of nitrogens with zero attached hydrogens (tertiary/aromatic N) is 2. The van der Waals surface area contributed by atoms with Crippen LogP contribution < -0.4 is 0 Å². The number of aromatic nitrogens is 1. The molecule has 6 heteroatoms. The lowest BCUT2D eigenvalue weighted by atomic mass is 10.1. The van der Waals surface area contributed by atoms with Gasteiger partial charge >= 0.3 is 0 Å². The lowest BCUT2D eigenvalue weighted by molar-refractivity contribution is 0.0933. The zero-order valence-electron chi connectivity index (χ0n) is 9.19. The van der Waals surface area contributed by atoms with E-state index in [1.807, 2.05) is 6.92 Å². The van der Waals surface area contributed by atoms with Crippen LogP contribution in [0.25, 0.3) is 10.9 Å². The van der Waals surface area contributed by atoms with Crippen molar-refractivity contribution in [3.63, 3.8) is 0 Å². The molecular formula is C11H9BrN2O3. The molecule has 17 heavy (non-hydrogen) atoms.